The van der Waals surface area contributed by atoms with E-state index >= 15 is 0 Å². The molecule has 1 atom stereocenters. The Bertz CT molecular complexity index is 330. The first-order valence-electron chi connectivity index (χ1n) is 4.03. The standard InChI is InChI=1S/C7H9N5S/c1-2-8-7-11-5-4(6(13)12-7)9-3-10-5/h3-4H,2H2,1H3,(H2,8,9,10,11,12,13). The predicted molar refractivity (Wildman–Crippen MR) is 56.6 cm³/mol. The summed E-state index contributed by atoms with van der Waals surface area (Å²) >= 11 is 5.11. The van der Waals surface area contributed by atoms with Gasteiger partial charge in [-0.05, 0) is 6.92 Å². The molecular formula is C7H9N5S. The molecular weight excluding hydrogens is 186 g/mol. The van der Waals surface area contributed by atoms with Gasteiger partial charge in [0.1, 0.15) is 17.2 Å². The third-order valence-corrected chi connectivity index (χ3v) is 2.05. The van der Waals surface area contributed by atoms with Crippen molar-refractivity contribution in [3.05, 3.63) is 0 Å². The second-order valence-electron chi connectivity index (χ2n) is 2.62. The number of thiocarbonyl (C=S) groups is 1. The topological polar surface area (TPSA) is 61.1 Å². The van der Waals surface area contributed by atoms with Gasteiger partial charge in [-0.3, -0.25) is 9.98 Å². The Morgan fingerprint density at radius 2 is 2.46 bits per heavy atom. The van der Waals surface area contributed by atoms with Crippen molar-refractivity contribution in [2.75, 3.05) is 6.54 Å². The quantitative estimate of drug-likeness (QED) is 0.564. The Hall–Kier alpha value is -1.30. The van der Waals surface area contributed by atoms with Crippen LogP contribution in [-0.2, 0) is 0 Å². The molecule has 2 aliphatic heterocycles. The minimum Gasteiger partial charge on any atom is -0.318 e. The fourth-order valence-corrected chi connectivity index (χ4v) is 1.44. The van der Waals surface area contributed by atoms with Crippen molar-refractivity contribution in [3.63, 3.8) is 0 Å². The van der Waals surface area contributed by atoms with Crippen molar-refractivity contribution in [2.45, 2.75) is 13.0 Å². The summed E-state index contributed by atoms with van der Waals surface area (Å²) in [5.74, 6) is 1.42. The van der Waals surface area contributed by atoms with Gasteiger partial charge < -0.3 is 10.6 Å². The molecule has 0 aromatic heterocycles. The van der Waals surface area contributed by atoms with Crippen LogP contribution in [0.5, 0.6) is 0 Å². The van der Waals surface area contributed by atoms with Crippen LogP contribution in [0, 0.1) is 0 Å². The monoisotopic (exact) mass is 195 g/mol. The maximum Gasteiger partial charge on any atom is 0.201 e. The highest BCUT2D eigenvalue weighted by Crippen LogP contribution is 2.05. The Morgan fingerprint density at radius 1 is 1.62 bits per heavy atom. The third kappa shape index (κ3) is 1.44. The van der Waals surface area contributed by atoms with E-state index in [1.807, 2.05) is 6.92 Å². The minimum atomic E-state index is -0.134. The molecule has 13 heavy (non-hydrogen) atoms. The van der Waals surface area contributed by atoms with Gasteiger partial charge in [-0.25, -0.2) is 4.99 Å². The molecule has 2 heterocycles. The SMILES string of the molecule is CCN=C1NC(=S)C2N=CN=C2N1. The van der Waals surface area contributed by atoms with Gasteiger partial charge in [0, 0.05) is 6.54 Å². The van der Waals surface area contributed by atoms with E-state index in [2.05, 4.69) is 25.6 Å². The van der Waals surface area contributed by atoms with E-state index in [0.717, 1.165) is 5.84 Å². The van der Waals surface area contributed by atoms with Gasteiger partial charge in [-0.2, -0.15) is 0 Å². The summed E-state index contributed by atoms with van der Waals surface area (Å²) in [6.07, 6.45) is 1.51. The van der Waals surface area contributed by atoms with Crippen LogP contribution in [0.4, 0.5) is 0 Å². The second-order valence-corrected chi connectivity index (χ2v) is 3.06. The zero-order chi connectivity index (χ0) is 9.26. The largest absolute Gasteiger partial charge is 0.318 e. The molecule has 0 aliphatic carbocycles. The summed E-state index contributed by atoms with van der Waals surface area (Å²) in [5, 5.41) is 5.99. The molecule has 5 nitrogen and oxygen atoms in total. The van der Waals surface area contributed by atoms with Gasteiger partial charge in [0.05, 0.1) is 0 Å². The Balaban J connectivity index is 2.20. The fourth-order valence-electron chi connectivity index (χ4n) is 1.17. The normalized spacial score (nSPS) is 28.1. The Kier molecular flexibility index (Phi) is 2.05. The Labute approximate surface area is 81.1 Å². The van der Waals surface area contributed by atoms with E-state index < -0.39 is 0 Å². The van der Waals surface area contributed by atoms with E-state index in [1.165, 1.54) is 6.34 Å². The summed E-state index contributed by atoms with van der Waals surface area (Å²) in [5.41, 5.74) is 0. The lowest BCUT2D eigenvalue weighted by molar-refractivity contribution is 0.989. The first-order valence-corrected chi connectivity index (χ1v) is 4.43. The molecule has 2 aliphatic rings. The molecule has 6 heteroatoms. The lowest BCUT2D eigenvalue weighted by atomic mass is 10.2. The number of fused-ring (bicyclic) bond motifs is 1. The van der Waals surface area contributed by atoms with Crippen molar-refractivity contribution >= 4 is 35.3 Å². The zero-order valence-corrected chi connectivity index (χ0v) is 7.93. The molecule has 0 bridgehead atoms. The van der Waals surface area contributed by atoms with Crippen molar-refractivity contribution in [1.82, 2.24) is 10.6 Å². The van der Waals surface area contributed by atoms with Crippen molar-refractivity contribution < 1.29 is 0 Å². The summed E-state index contributed by atoms with van der Waals surface area (Å²) in [7, 11) is 0. The zero-order valence-electron chi connectivity index (χ0n) is 7.11. The van der Waals surface area contributed by atoms with Crippen LogP contribution < -0.4 is 10.6 Å². The van der Waals surface area contributed by atoms with Crippen molar-refractivity contribution in [1.29, 1.82) is 0 Å². The number of aliphatic imine (C=N–C) groups is 3. The molecule has 1 fully saturated rings. The van der Waals surface area contributed by atoms with E-state index in [9.17, 15) is 0 Å². The second kappa shape index (κ2) is 3.21. The van der Waals surface area contributed by atoms with Crippen LogP contribution >= 0.6 is 12.2 Å². The molecule has 68 valence electrons. The van der Waals surface area contributed by atoms with Gasteiger partial charge in [0.25, 0.3) is 0 Å². The van der Waals surface area contributed by atoms with E-state index in [4.69, 9.17) is 12.2 Å². The van der Waals surface area contributed by atoms with Crippen molar-refractivity contribution in [2.24, 2.45) is 15.0 Å². The third-order valence-electron chi connectivity index (χ3n) is 1.72. The number of rotatable bonds is 1. The van der Waals surface area contributed by atoms with Gasteiger partial charge in [-0.1, -0.05) is 12.2 Å². The molecule has 0 aromatic carbocycles. The van der Waals surface area contributed by atoms with Crippen LogP contribution in [-0.4, -0.2) is 35.7 Å². The number of nitrogens with one attached hydrogen (secondary N) is 2. The van der Waals surface area contributed by atoms with Gasteiger partial charge in [0.2, 0.25) is 5.96 Å². The molecule has 0 saturated carbocycles. The minimum absolute atomic E-state index is 0.134. The maximum atomic E-state index is 5.11. The lowest BCUT2D eigenvalue weighted by Crippen LogP contribution is -2.57. The first-order chi connectivity index (χ1) is 6.31. The molecule has 2 N–H and O–H groups in total. The molecule has 0 spiro atoms. The fraction of sp³-hybridized carbons (Fsp3) is 0.429. The summed E-state index contributed by atoms with van der Waals surface area (Å²) in [6.45, 7) is 2.66. The smallest absolute Gasteiger partial charge is 0.201 e. The van der Waals surface area contributed by atoms with E-state index in [-0.39, 0.29) is 6.04 Å². The number of nitrogens with zero attached hydrogens (tertiary/aromatic N) is 3. The summed E-state index contributed by atoms with van der Waals surface area (Å²) in [4.78, 5) is 12.9. The average Bonchev–Trinajstić information content (AvgIpc) is 2.53. The molecule has 2 rings (SSSR count). The van der Waals surface area contributed by atoms with Crippen LogP contribution in [0.2, 0.25) is 0 Å². The molecule has 0 amide bonds. The average molecular weight is 195 g/mol. The highest BCUT2D eigenvalue weighted by Gasteiger charge is 2.29. The van der Waals surface area contributed by atoms with E-state index in [0.29, 0.717) is 17.5 Å². The van der Waals surface area contributed by atoms with E-state index in [1.54, 1.807) is 0 Å². The highest BCUT2D eigenvalue weighted by atomic mass is 32.1. The molecule has 0 radical (unpaired) electrons. The van der Waals surface area contributed by atoms with Crippen LogP contribution in [0.3, 0.4) is 0 Å². The number of hydrogen-bond donors (Lipinski definition) is 2. The number of hydrogen-bond acceptors (Lipinski definition) is 4. The van der Waals surface area contributed by atoms with Gasteiger partial charge in [0.15, 0.2) is 6.04 Å². The van der Waals surface area contributed by atoms with Gasteiger partial charge >= 0.3 is 0 Å². The summed E-state index contributed by atoms with van der Waals surface area (Å²) in [6, 6.07) is -0.134. The number of amidine groups is 1. The van der Waals surface area contributed by atoms with Crippen LogP contribution in [0.1, 0.15) is 6.92 Å². The molecule has 1 saturated heterocycles. The predicted octanol–water partition coefficient (Wildman–Crippen LogP) is -0.308. The van der Waals surface area contributed by atoms with Crippen molar-refractivity contribution in [3.8, 4) is 0 Å². The summed E-state index contributed by atoms with van der Waals surface area (Å²) < 4.78 is 0. The lowest BCUT2D eigenvalue weighted by Gasteiger charge is -2.23. The number of guanidine groups is 1. The highest BCUT2D eigenvalue weighted by molar-refractivity contribution is 7.80. The van der Waals surface area contributed by atoms with Crippen LogP contribution in [0.25, 0.3) is 0 Å². The molecule has 1 unspecified atom stereocenters. The Morgan fingerprint density at radius 3 is 3.23 bits per heavy atom. The van der Waals surface area contributed by atoms with Gasteiger partial charge in [-0.15, -0.1) is 0 Å². The molecule has 0 aromatic rings. The van der Waals surface area contributed by atoms with Crippen LogP contribution in [0.15, 0.2) is 15.0 Å². The first kappa shape index (κ1) is 8.31. The maximum absolute atomic E-state index is 5.11.